The van der Waals surface area contributed by atoms with Gasteiger partial charge in [0.15, 0.2) is 0 Å². The number of hydrogen-bond donors (Lipinski definition) is 4. The van der Waals surface area contributed by atoms with E-state index in [4.69, 9.17) is 15.6 Å². The van der Waals surface area contributed by atoms with Gasteiger partial charge in [-0.3, -0.25) is 9.59 Å². The number of benzene rings is 1. The standard InChI is InChI=1S/C26H25F3N6O.CH2O2/c1-13-18-10-16(11-19(13)18)24-34-21(22-23(30)32-8-9-35(22)24)14-2-4-15(5-3-14)25(36)33-20-12-17(6-7-31-20)26(27,28)29;2-1-3/h2-9,12-13,16,18-19,24,34H,10-11H2,1H3,(H2,30,32)(H,31,33,36);1H,(H,2,3)/t13?,16?,18-,19+,24?;. The Hall–Kier alpha value is -4.35. The Morgan fingerprint density at radius 1 is 1.21 bits per heavy atom. The first kappa shape index (κ1) is 26.3. The Morgan fingerprint density at radius 2 is 1.87 bits per heavy atom. The number of alkyl halides is 3. The lowest BCUT2D eigenvalue weighted by Gasteiger charge is -2.32. The quantitative estimate of drug-likeness (QED) is 0.430. The molecular weight excluding hydrogens is 513 g/mol. The molecule has 204 valence electrons. The molecule has 0 saturated heterocycles. The van der Waals surface area contributed by atoms with Crippen LogP contribution in [0.5, 0.6) is 0 Å². The van der Waals surface area contributed by atoms with Crippen LogP contribution in [0.4, 0.5) is 19.0 Å². The lowest BCUT2D eigenvalue weighted by atomic mass is 9.96. The van der Waals surface area contributed by atoms with Crippen molar-refractivity contribution in [2.24, 2.45) is 34.4 Å². The Balaban J connectivity index is 0.000000983. The molecule has 6 rings (SSSR count). The molecule has 2 aliphatic heterocycles. The highest BCUT2D eigenvalue weighted by molar-refractivity contribution is 6.06. The van der Waals surface area contributed by atoms with E-state index in [-0.39, 0.29) is 18.5 Å². The first-order valence-corrected chi connectivity index (χ1v) is 12.4. The largest absolute Gasteiger partial charge is 0.483 e. The second-order valence-corrected chi connectivity index (χ2v) is 10.0. The van der Waals surface area contributed by atoms with E-state index in [9.17, 15) is 18.0 Å². The van der Waals surface area contributed by atoms with Gasteiger partial charge in [0, 0.05) is 24.2 Å². The lowest BCUT2D eigenvalue weighted by molar-refractivity contribution is -0.137. The Bertz CT molecular complexity index is 1360. The molecule has 4 aliphatic rings. The number of anilines is 1. The molecule has 1 aromatic carbocycles. The summed E-state index contributed by atoms with van der Waals surface area (Å²) in [6.07, 6.45) is 2.63. The van der Waals surface area contributed by atoms with Crippen LogP contribution in [0.3, 0.4) is 0 Å². The summed E-state index contributed by atoms with van der Waals surface area (Å²) >= 11 is 0. The summed E-state index contributed by atoms with van der Waals surface area (Å²) < 4.78 is 38.9. The molecule has 0 radical (unpaired) electrons. The molecule has 1 amide bonds. The topological polar surface area (TPSA) is 133 Å². The van der Waals surface area contributed by atoms with Gasteiger partial charge in [-0.05, 0) is 66.3 Å². The molecule has 5 N–H and O–H groups in total. The van der Waals surface area contributed by atoms with E-state index >= 15 is 0 Å². The van der Waals surface area contributed by atoms with Gasteiger partial charge in [-0.25, -0.2) is 9.98 Å². The van der Waals surface area contributed by atoms with Crippen LogP contribution in [0.1, 0.15) is 41.3 Å². The van der Waals surface area contributed by atoms with Crippen molar-refractivity contribution < 1.29 is 27.9 Å². The minimum atomic E-state index is -4.52. The second kappa shape index (κ2) is 10.1. The third-order valence-corrected chi connectivity index (χ3v) is 7.89. The number of carboxylic acid groups (broad SMARTS) is 1. The number of nitrogens with two attached hydrogens (primary N) is 1. The number of aliphatic imine (C=N–C) groups is 1. The number of halogens is 3. The van der Waals surface area contributed by atoms with Crippen LogP contribution in [-0.2, 0) is 11.0 Å². The molecular formula is C27H27F3N6O3. The molecule has 2 saturated carbocycles. The van der Waals surface area contributed by atoms with Gasteiger partial charge < -0.3 is 26.4 Å². The fourth-order valence-electron chi connectivity index (χ4n) is 5.91. The predicted molar refractivity (Wildman–Crippen MR) is 138 cm³/mol. The number of hydrogen-bond acceptors (Lipinski definition) is 7. The average Bonchev–Trinajstić information content (AvgIpc) is 3.25. The second-order valence-electron chi connectivity index (χ2n) is 10.0. The molecule has 1 aromatic heterocycles. The Labute approximate surface area is 222 Å². The van der Waals surface area contributed by atoms with Crippen LogP contribution in [0, 0.1) is 23.7 Å². The van der Waals surface area contributed by atoms with Gasteiger partial charge >= 0.3 is 6.18 Å². The molecule has 2 aromatic rings. The molecule has 2 fully saturated rings. The van der Waals surface area contributed by atoms with Crippen molar-refractivity contribution in [1.29, 1.82) is 0 Å². The Kier molecular flexibility index (Phi) is 6.79. The summed E-state index contributed by atoms with van der Waals surface area (Å²) in [7, 11) is 0. The van der Waals surface area contributed by atoms with E-state index in [1.165, 1.54) is 12.8 Å². The number of carbonyl (C=O) groups excluding carboxylic acids is 1. The summed E-state index contributed by atoms with van der Waals surface area (Å²) in [6.45, 7) is 2.08. The minimum Gasteiger partial charge on any atom is -0.483 e. The molecule has 12 heteroatoms. The maximum absolute atomic E-state index is 13.0. The van der Waals surface area contributed by atoms with Crippen LogP contribution < -0.4 is 16.4 Å². The third kappa shape index (κ3) is 5.06. The van der Waals surface area contributed by atoms with E-state index in [0.29, 0.717) is 17.3 Å². The van der Waals surface area contributed by atoms with Crippen molar-refractivity contribution in [1.82, 2.24) is 15.2 Å². The molecule has 39 heavy (non-hydrogen) atoms. The molecule has 3 unspecified atom stereocenters. The molecule has 0 bridgehead atoms. The van der Waals surface area contributed by atoms with Gasteiger partial charge in [-0.15, -0.1) is 0 Å². The number of nitrogens with zero attached hydrogens (tertiary/aromatic N) is 3. The number of rotatable bonds is 4. The molecule has 9 nitrogen and oxygen atoms in total. The first-order chi connectivity index (χ1) is 18.6. The van der Waals surface area contributed by atoms with Crippen LogP contribution >= 0.6 is 0 Å². The van der Waals surface area contributed by atoms with Crippen molar-refractivity contribution in [2.75, 3.05) is 5.32 Å². The van der Waals surface area contributed by atoms with Crippen LogP contribution in [0.2, 0.25) is 0 Å². The summed E-state index contributed by atoms with van der Waals surface area (Å²) in [5.74, 6) is 2.66. The summed E-state index contributed by atoms with van der Waals surface area (Å²) in [5.41, 5.74) is 8.22. The maximum Gasteiger partial charge on any atom is 0.416 e. The van der Waals surface area contributed by atoms with E-state index < -0.39 is 17.6 Å². The number of aromatic nitrogens is 1. The Morgan fingerprint density at radius 3 is 2.51 bits per heavy atom. The van der Waals surface area contributed by atoms with E-state index in [1.54, 1.807) is 30.5 Å². The number of pyridine rings is 1. The highest BCUT2D eigenvalue weighted by atomic mass is 19.4. The number of carbonyl (C=O) groups is 2. The van der Waals surface area contributed by atoms with Gasteiger partial charge in [0.2, 0.25) is 0 Å². The monoisotopic (exact) mass is 540 g/mol. The summed E-state index contributed by atoms with van der Waals surface area (Å²) in [6, 6.07) is 8.51. The van der Waals surface area contributed by atoms with Gasteiger partial charge in [-0.1, -0.05) is 19.1 Å². The van der Waals surface area contributed by atoms with Gasteiger partial charge in [0.05, 0.1) is 11.3 Å². The third-order valence-electron chi connectivity index (χ3n) is 7.89. The zero-order valence-electron chi connectivity index (χ0n) is 20.9. The number of amidine groups is 1. The van der Waals surface area contributed by atoms with Crippen LogP contribution in [-0.4, -0.2) is 39.4 Å². The lowest BCUT2D eigenvalue weighted by Crippen LogP contribution is -2.42. The molecule has 3 heterocycles. The zero-order chi connectivity index (χ0) is 27.9. The zero-order valence-corrected chi connectivity index (χ0v) is 20.9. The fraction of sp³-hybridized carbons (Fsp3) is 0.333. The van der Waals surface area contributed by atoms with Gasteiger partial charge in [-0.2, -0.15) is 13.2 Å². The van der Waals surface area contributed by atoms with Crippen molar-refractivity contribution in [2.45, 2.75) is 32.1 Å². The SMILES string of the molecule is CC1[C@H]2CC(C3NC(c4ccc(C(=O)Nc5cc(C(F)(F)F)ccn5)cc4)=C4C(N)=NC=CN43)C[C@@H]12.O=CO. The smallest absolute Gasteiger partial charge is 0.416 e. The van der Waals surface area contributed by atoms with E-state index in [0.717, 1.165) is 53.0 Å². The van der Waals surface area contributed by atoms with Gasteiger partial charge in [0.25, 0.3) is 12.4 Å². The number of amides is 1. The average molecular weight is 541 g/mol. The van der Waals surface area contributed by atoms with Gasteiger partial charge in [0.1, 0.15) is 23.5 Å². The molecule has 2 aliphatic carbocycles. The minimum absolute atomic E-state index is 0.0928. The fourth-order valence-corrected chi connectivity index (χ4v) is 5.91. The summed E-state index contributed by atoms with van der Waals surface area (Å²) in [4.78, 5) is 31.3. The van der Waals surface area contributed by atoms with Crippen molar-refractivity contribution in [3.8, 4) is 0 Å². The van der Waals surface area contributed by atoms with Crippen molar-refractivity contribution >= 4 is 29.7 Å². The van der Waals surface area contributed by atoms with E-state index in [2.05, 4.69) is 32.4 Å². The number of nitrogens with one attached hydrogen (secondary N) is 2. The molecule has 0 spiro atoms. The van der Waals surface area contributed by atoms with Crippen molar-refractivity contribution in [3.05, 3.63) is 77.4 Å². The maximum atomic E-state index is 13.0. The first-order valence-electron chi connectivity index (χ1n) is 12.4. The number of fused-ring (bicyclic) bond motifs is 2. The molecule has 5 atom stereocenters. The highest BCUT2D eigenvalue weighted by Crippen LogP contribution is 2.60. The van der Waals surface area contributed by atoms with Crippen LogP contribution in [0.25, 0.3) is 5.70 Å². The summed E-state index contributed by atoms with van der Waals surface area (Å²) in [5, 5.41) is 13.0. The predicted octanol–water partition coefficient (Wildman–Crippen LogP) is 4.09. The van der Waals surface area contributed by atoms with Crippen LogP contribution in [0.15, 0.2) is 65.7 Å². The van der Waals surface area contributed by atoms with Crippen molar-refractivity contribution in [3.63, 3.8) is 0 Å². The van der Waals surface area contributed by atoms with E-state index in [1.807, 2.05) is 6.20 Å². The normalized spacial score (nSPS) is 26.5. The highest BCUT2D eigenvalue weighted by Gasteiger charge is 2.56.